The van der Waals surface area contributed by atoms with Gasteiger partial charge in [0.05, 0.1) is 7.11 Å². The van der Waals surface area contributed by atoms with E-state index in [9.17, 15) is 26.3 Å². The highest BCUT2D eigenvalue weighted by molar-refractivity contribution is 5.41. The predicted octanol–water partition coefficient (Wildman–Crippen LogP) is 2.47. The van der Waals surface area contributed by atoms with Crippen molar-refractivity contribution in [3.05, 3.63) is 17.3 Å². The van der Waals surface area contributed by atoms with Crippen LogP contribution in [0.4, 0.5) is 26.3 Å². The van der Waals surface area contributed by atoms with Crippen LogP contribution in [-0.4, -0.2) is 18.5 Å². The van der Waals surface area contributed by atoms with Gasteiger partial charge in [-0.15, -0.1) is 13.2 Å². The van der Waals surface area contributed by atoms with Gasteiger partial charge in [-0.3, -0.25) is 0 Å². The molecule has 1 aromatic rings. The number of pyridine rings is 1. The molecule has 0 aliphatic rings. The van der Waals surface area contributed by atoms with Gasteiger partial charge in [-0.25, -0.2) is 4.98 Å². The highest BCUT2D eigenvalue weighted by Gasteiger charge is 2.39. The van der Waals surface area contributed by atoms with E-state index in [1.165, 1.54) is 0 Å². The maximum absolute atomic E-state index is 12.7. The minimum Gasteiger partial charge on any atom is -0.481 e. The number of rotatable bonds is 3. The Balaban J connectivity index is 3.44. The fraction of sp³-hybridized carbons (Fsp3) is 0.444. The second-order valence-electron chi connectivity index (χ2n) is 3.24. The lowest BCUT2D eigenvalue weighted by Crippen LogP contribution is -2.22. The van der Waals surface area contributed by atoms with Crippen molar-refractivity contribution in [2.75, 3.05) is 7.11 Å². The third-order valence-corrected chi connectivity index (χ3v) is 1.97. The second kappa shape index (κ2) is 5.11. The zero-order valence-electron chi connectivity index (χ0n) is 9.39. The van der Waals surface area contributed by atoms with E-state index >= 15 is 0 Å². The molecule has 108 valence electrons. The lowest BCUT2D eigenvalue weighted by molar-refractivity contribution is -0.275. The minimum atomic E-state index is -5.15. The number of nitrogens with two attached hydrogens (primary N) is 1. The molecule has 0 radical (unpaired) electrons. The molecule has 4 nitrogen and oxygen atoms in total. The van der Waals surface area contributed by atoms with E-state index in [0.29, 0.717) is 6.07 Å². The monoisotopic (exact) mass is 290 g/mol. The van der Waals surface area contributed by atoms with Crippen LogP contribution in [0.25, 0.3) is 0 Å². The summed E-state index contributed by atoms with van der Waals surface area (Å²) in [5.41, 5.74) is 2.56. The van der Waals surface area contributed by atoms with Crippen molar-refractivity contribution in [1.82, 2.24) is 4.98 Å². The molecule has 0 aromatic carbocycles. The Morgan fingerprint density at radius 2 is 1.79 bits per heavy atom. The predicted molar refractivity (Wildman–Crippen MR) is 50.4 cm³/mol. The minimum absolute atomic E-state index is 0.588. The van der Waals surface area contributed by atoms with E-state index in [1.807, 2.05) is 0 Å². The molecule has 0 spiro atoms. The number of aromatic nitrogens is 1. The SMILES string of the molecule is COc1cc(OC(F)(F)F)c(CN)c(C(F)(F)F)n1. The van der Waals surface area contributed by atoms with Gasteiger partial charge in [0.2, 0.25) is 5.88 Å². The van der Waals surface area contributed by atoms with E-state index in [-0.39, 0.29) is 0 Å². The fourth-order valence-electron chi connectivity index (χ4n) is 1.28. The van der Waals surface area contributed by atoms with Crippen LogP contribution in [0.5, 0.6) is 11.6 Å². The van der Waals surface area contributed by atoms with Gasteiger partial charge in [0.1, 0.15) is 5.75 Å². The van der Waals surface area contributed by atoms with Crippen molar-refractivity contribution in [2.24, 2.45) is 5.73 Å². The van der Waals surface area contributed by atoms with E-state index in [2.05, 4.69) is 14.5 Å². The molecule has 0 aliphatic carbocycles. The van der Waals surface area contributed by atoms with Crippen molar-refractivity contribution >= 4 is 0 Å². The van der Waals surface area contributed by atoms with Crippen LogP contribution >= 0.6 is 0 Å². The van der Waals surface area contributed by atoms with Crippen LogP contribution in [0.2, 0.25) is 0 Å². The Bertz CT molecular complexity index is 457. The summed E-state index contributed by atoms with van der Waals surface area (Å²) in [6, 6.07) is 0.588. The molecule has 0 saturated heterocycles. The van der Waals surface area contributed by atoms with Crippen LogP contribution < -0.4 is 15.2 Å². The Hall–Kier alpha value is -1.71. The van der Waals surface area contributed by atoms with Crippen molar-refractivity contribution in [3.8, 4) is 11.6 Å². The van der Waals surface area contributed by atoms with E-state index in [1.54, 1.807) is 0 Å². The molecule has 0 amide bonds. The highest BCUT2D eigenvalue weighted by atomic mass is 19.4. The van der Waals surface area contributed by atoms with Gasteiger partial charge in [-0.2, -0.15) is 13.2 Å². The molecular weight excluding hydrogens is 282 g/mol. The molecule has 0 unspecified atom stereocenters. The van der Waals surface area contributed by atoms with E-state index < -0.39 is 42.0 Å². The smallest absolute Gasteiger partial charge is 0.481 e. The molecule has 0 saturated carbocycles. The summed E-state index contributed by atoms with van der Waals surface area (Å²) >= 11 is 0. The number of alkyl halides is 6. The fourth-order valence-corrected chi connectivity index (χ4v) is 1.28. The number of halogens is 6. The van der Waals surface area contributed by atoms with Crippen molar-refractivity contribution in [3.63, 3.8) is 0 Å². The summed E-state index contributed by atoms with van der Waals surface area (Å²) < 4.78 is 82.2. The summed E-state index contributed by atoms with van der Waals surface area (Å²) in [4.78, 5) is 3.05. The number of hydrogen-bond donors (Lipinski definition) is 1. The van der Waals surface area contributed by atoms with Gasteiger partial charge in [0, 0.05) is 18.2 Å². The lowest BCUT2D eigenvalue weighted by Gasteiger charge is -2.17. The highest BCUT2D eigenvalue weighted by Crippen LogP contribution is 2.38. The summed E-state index contributed by atoms with van der Waals surface area (Å²) in [6.07, 6.45) is -10.1. The van der Waals surface area contributed by atoms with Gasteiger partial charge in [-0.1, -0.05) is 0 Å². The third-order valence-electron chi connectivity index (χ3n) is 1.97. The molecule has 10 heteroatoms. The first-order chi connectivity index (χ1) is 8.58. The lowest BCUT2D eigenvalue weighted by atomic mass is 10.1. The zero-order chi connectivity index (χ0) is 14.8. The summed E-state index contributed by atoms with van der Waals surface area (Å²) in [7, 11) is 0.960. The maximum atomic E-state index is 12.7. The molecule has 19 heavy (non-hydrogen) atoms. The zero-order valence-corrected chi connectivity index (χ0v) is 9.39. The summed E-state index contributed by atoms with van der Waals surface area (Å²) in [6.45, 7) is -0.822. The van der Waals surface area contributed by atoms with Crippen LogP contribution in [-0.2, 0) is 12.7 Å². The third kappa shape index (κ3) is 3.88. The topological polar surface area (TPSA) is 57.4 Å². The van der Waals surface area contributed by atoms with Gasteiger partial charge < -0.3 is 15.2 Å². The molecule has 1 heterocycles. The molecule has 0 atom stereocenters. The summed E-state index contributed by atoms with van der Waals surface area (Å²) in [5.74, 6) is -1.75. The average Bonchev–Trinajstić information content (AvgIpc) is 2.24. The molecule has 0 fully saturated rings. The second-order valence-corrected chi connectivity index (χ2v) is 3.24. The number of ether oxygens (including phenoxy) is 2. The van der Waals surface area contributed by atoms with Gasteiger partial charge >= 0.3 is 12.5 Å². The Kier molecular flexibility index (Phi) is 4.13. The van der Waals surface area contributed by atoms with Crippen LogP contribution in [0.15, 0.2) is 6.07 Å². The molecule has 0 bridgehead atoms. The van der Waals surface area contributed by atoms with Crippen molar-refractivity contribution in [2.45, 2.75) is 19.1 Å². The van der Waals surface area contributed by atoms with Crippen molar-refractivity contribution < 1.29 is 35.8 Å². The molecule has 1 aromatic heterocycles. The molecule has 1 rings (SSSR count). The Morgan fingerprint density at radius 1 is 1.21 bits per heavy atom. The number of hydrogen-bond acceptors (Lipinski definition) is 4. The number of nitrogens with zero attached hydrogens (tertiary/aromatic N) is 1. The van der Waals surface area contributed by atoms with Crippen LogP contribution in [0, 0.1) is 0 Å². The first-order valence-corrected chi connectivity index (χ1v) is 4.69. The average molecular weight is 290 g/mol. The molecule has 2 N–H and O–H groups in total. The maximum Gasteiger partial charge on any atom is 0.573 e. The van der Waals surface area contributed by atoms with Crippen LogP contribution in [0.1, 0.15) is 11.3 Å². The first-order valence-electron chi connectivity index (χ1n) is 4.69. The first kappa shape index (κ1) is 15.3. The number of methoxy groups -OCH3 is 1. The quantitative estimate of drug-likeness (QED) is 0.869. The Labute approximate surface area is 103 Å². The van der Waals surface area contributed by atoms with Gasteiger partial charge in [0.15, 0.2) is 5.69 Å². The van der Waals surface area contributed by atoms with Crippen molar-refractivity contribution in [1.29, 1.82) is 0 Å². The van der Waals surface area contributed by atoms with Gasteiger partial charge in [0.25, 0.3) is 0 Å². The molecule has 0 aliphatic heterocycles. The standard InChI is InChI=1S/C9H8F6N2O2/c1-18-6-2-5(19-9(13,14)15)4(3-16)7(17-6)8(10,11)12/h2H,3,16H2,1H3. The largest absolute Gasteiger partial charge is 0.573 e. The molecular formula is C9H8F6N2O2. The normalized spacial score (nSPS) is 12.4. The van der Waals surface area contributed by atoms with Crippen LogP contribution in [0.3, 0.4) is 0 Å². The Morgan fingerprint density at radius 3 is 2.16 bits per heavy atom. The summed E-state index contributed by atoms with van der Waals surface area (Å²) in [5, 5.41) is 0. The van der Waals surface area contributed by atoms with E-state index in [4.69, 9.17) is 5.73 Å². The van der Waals surface area contributed by atoms with E-state index in [0.717, 1.165) is 7.11 Å². The van der Waals surface area contributed by atoms with Gasteiger partial charge in [-0.05, 0) is 0 Å².